The fourth-order valence-electron chi connectivity index (χ4n) is 1.13. The number of amides is 1. The molecule has 1 N–H and O–H groups in total. The summed E-state index contributed by atoms with van der Waals surface area (Å²) in [4.78, 5) is 14.2. The van der Waals surface area contributed by atoms with E-state index >= 15 is 0 Å². The molecule has 0 saturated carbocycles. The van der Waals surface area contributed by atoms with Crippen molar-refractivity contribution in [2.45, 2.75) is 38.1 Å². The average molecular weight is 290 g/mol. The van der Waals surface area contributed by atoms with Gasteiger partial charge < -0.3 is 5.32 Å². The second-order valence-corrected chi connectivity index (χ2v) is 7.42. The molecule has 1 atom stereocenters. The maximum absolute atomic E-state index is 11.7. The Morgan fingerprint density at radius 1 is 1.53 bits per heavy atom. The molecular weight excluding hydrogens is 274 g/mol. The summed E-state index contributed by atoms with van der Waals surface area (Å²) in [6.45, 7) is 7.75. The van der Waals surface area contributed by atoms with Gasteiger partial charge in [-0.1, -0.05) is 15.9 Å². The quantitative estimate of drug-likeness (QED) is 0.849. The Morgan fingerprint density at radius 3 is 2.53 bits per heavy atom. The van der Waals surface area contributed by atoms with Crippen LogP contribution in [0.5, 0.6) is 0 Å². The van der Waals surface area contributed by atoms with E-state index in [2.05, 4.69) is 40.3 Å². The van der Waals surface area contributed by atoms with Gasteiger partial charge in [0.15, 0.2) is 0 Å². The Kier molecular flexibility index (Phi) is 3.95. The third kappa shape index (κ3) is 3.61. The Bertz CT molecular complexity index is 354. The highest BCUT2D eigenvalue weighted by molar-refractivity contribution is 9.10. The molecule has 1 aromatic heterocycles. The highest BCUT2D eigenvalue weighted by Gasteiger charge is 2.25. The lowest BCUT2D eigenvalue weighted by atomic mass is 10.2. The van der Waals surface area contributed by atoms with Crippen LogP contribution < -0.4 is 5.32 Å². The molecule has 1 rings (SSSR count). The number of nitrogens with one attached hydrogen (secondary N) is 1. The molecule has 0 aromatic carbocycles. The van der Waals surface area contributed by atoms with Gasteiger partial charge in [-0.05, 0) is 39.8 Å². The molecule has 84 valence electrons. The third-order valence-corrected chi connectivity index (χ3v) is 3.62. The molecule has 0 spiro atoms. The summed E-state index contributed by atoms with van der Waals surface area (Å²) in [5.74, 6) is 0.0149. The van der Waals surface area contributed by atoms with E-state index in [1.807, 2.05) is 20.8 Å². The van der Waals surface area contributed by atoms with Crippen LogP contribution in [0.1, 0.15) is 36.6 Å². The summed E-state index contributed by atoms with van der Waals surface area (Å²) >= 11 is 5.06. The Morgan fingerprint density at radius 2 is 2.13 bits per heavy atom. The van der Waals surface area contributed by atoms with E-state index in [1.54, 1.807) is 11.3 Å². The molecule has 0 fully saturated rings. The van der Waals surface area contributed by atoms with E-state index in [0.717, 1.165) is 0 Å². The van der Waals surface area contributed by atoms with Crippen LogP contribution in [-0.4, -0.2) is 10.2 Å². The number of carbonyl (C=O) groups excluding carboxylic acids is 1. The third-order valence-electron chi connectivity index (χ3n) is 2.08. The van der Waals surface area contributed by atoms with Crippen molar-refractivity contribution in [1.82, 2.24) is 5.32 Å². The van der Waals surface area contributed by atoms with Crippen LogP contribution in [0.25, 0.3) is 0 Å². The van der Waals surface area contributed by atoms with E-state index in [1.165, 1.54) is 9.75 Å². The smallest absolute Gasteiger partial charge is 0.236 e. The first-order chi connectivity index (χ1) is 6.80. The molecule has 15 heavy (non-hydrogen) atoms. The fraction of sp³-hybridized carbons (Fsp3) is 0.545. The molecule has 2 nitrogen and oxygen atoms in total. The first-order valence-electron chi connectivity index (χ1n) is 4.87. The topological polar surface area (TPSA) is 29.1 Å². The van der Waals surface area contributed by atoms with Gasteiger partial charge in [-0.3, -0.25) is 4.79 Å². The molecule has 0 aliphatic carbocycles. The normalized spacial score (nSPS) is 13.7. The minimum absolute atomic E-state index is 0.0149. The van der Waals surface area contributed by atoms with Crippen molar-refractivity contribution in [3.8, 4) is 0 Å². The van der Waals surface area contributed by atoms with Gasteiger partial charge >= 0.3 is 0 Å². The minimum atomic E-state index is -0.506. The number of aryl methyl sites for hydroxylation is 1. The first kappa shape index (κ1) is 12.7. The SMILES string of the molecule is Cc1ccc(C(C)NC(=O)C(C)(C)Br)s1. The van der Waals surface area contributed by atoms with Crippen LogP contribution in [0.4, 0.5) is 0 Å². The van der Waals surface area contributed by atoms with Gasteiger partial charge in [-0.25, -0.2) is 0 Å². The molecule has 0 aliphatic heterocycles. The number of hydrogen-bond acceptors (Lipinski definition) is 2. The lowest BCUT2D eigenvalue weighted by molar-refractivity contribution is -0.123. The standard InChI is InChI=1S/C11H16BrNOS/c1-7-5-6-9(15-7)8(2)13-10(14)11(3,4)12/h5-6,8H,1-4H3,(H,13,14). The Balaban J connectivity index is 2.64. The van der Waals surface area contributed by atoms with E-state index in [9.17, 15) is 4.79 Å². The number of rotatable bonds is 3. The lowest BCUT2D eigenvalue weighted by Crippen LogP contribution is -2.38. The second kappa shape index (κ2) is 4.66. The van der Waals surface area contributed by atoms with Crippen molar-refractivity contribution >= 4 is 33.2 Å². The van der Waals surface area contributed by atoms with E-state index < -0.39 is 4.32 Å². The molecule has 0 saturated heterocycles. The van der Waals surface area contributed by atoms with Crippen molar-refractivity contribution in [2.24, 2.45) is 0 Å². The summed E-state index contributed by atoms with van der Waals surface area (Å²) in [5, 5.41) is 2.97. The van der Waals surface area contributed by atoms with Gasteiger partial charge in [0.25, 0.3) is 0 Å². The zero-order valence-corrected chi connectivity index (χ0v) is 11.8. The fourth-order valence-corrected chi connectivity index (χ4v) is 2.12. The predicted octanol–water partition coefficient (Wildman–Crippen LogP) is 3.41. The van der Waals surface area contributed by atoms with Crippen LogP contribution in [0.15, 0.2) is 12.1 Å². The van der Waals surface area contributed by atoms with Gasteiger partial charge in [0.05, 0.1) is 10.4 Å². The highest BCUT2D eigenvalue weighted by Crippen LogP contribution is 2.24. The Labute approximate surface area is 103 Å². The zero-order chi connectivity index (χ0) is 11.6. The molecule has 0 bridgehead atoms. The summed E-state index contributed by atoms with van der Waals surface area (Å²) in [5.41, 5.74) is 0. The van der Waals surface area contributed by atoms with Gasteiger partial charge in [-0.15, -0.1) is 11.3 Å². The maximum atomic E-state index is 11.7. The monoisotopic (exact) mass is 289 g/mol. The molecule has 1 aromatic rings. The lowest BCUT2D eigenvalue weighted by Gasteiger charge is -2.19. The predicted molar refractivity (Wildman–Crippen MR) is 68.6 cm³/mol. The van der Waals surface area contributed by atoms with Gasteiger partial charge in [0.2, 0.25) is 5.91 Å². The Hall–Kier alpha value is -0.350. The van der Waals surface area contributed by atoms with E-state index in [4.69, 9.17) is 0 Å². The molecule has 1 unspecified atom stereocenters. The van der Waals surface area contributed by atoms with E-state index in [-0.39, 0.29) is 11.9 Å². The maximum Gasteiger partial charge on any atom is 0.236 e. The number of hydrogen-bond donors (Lipinski definition) is 1. The largest absolute Gasteiger partial charge is 0.348 e. The van der Waals surface area contributed by atoms with Crippen LogP contribution in [-0.2, 0) is 4.79 Å². The number of halogens is 1. The van der Waals surface area contributed by atoms with Crippen molar-refractivity contribution in [2.75, 3.05) is 0 Å². The van der Waals surface area contributed by atoms with Crippen LogP contribution in [0, 0.1) is 6.92 Å². The minimum Gasteiger partial charge on any atom is -0.348 e. The van der Waals surface area contributed by atoms with Crippen molar-refractivity contribution in [1.29, 1.82) is 0 Å². The molecule has 1 amide bonds. The van der Waals surface area contributed by atoms with Crippen LogP contribution in [0.3, 0.4) is 0 Å². The summed E-state index contributed by atoms with van der Waals surface area (Å²) in [6, 6.07) is 4.21. The molecule has 0 aliphatic rings. The second-order valence-electron chi connectivity index (χ2n) is 4.12. The zero-order valence-electron chi connectivity index (χ0n) is 9.43. The summed E-state index contributed by atoms with van der Waals surface area (Å²) in [7, 11) is 0. The van der Waals surface area contributed by atoms with Crippen molar-refractivity contribution < 1.29 is 4.79 Å². The average Bonchev–Trinajstić information content (AvgIpc) is 2.50. The van der Waals surface area contributed by atoms with Gasteiger partial charge in [-0.2, -0.15) is 0 Å². The van der Waals surface area contributed by atoms with Gasteiger partial charge in [0.1, 0.15) is 0 Å². The van der Waals surface area contributed by atoms with E-state index in [0.29, 0.717) is 0 Å². The summed E-state index contributed by atoms with van der Waals surface area (Å²) in [6.07, 6.45) is 0. The van der Waals surface area contributed by atoms with Gasteiger partial charge in [0, 0.05) is 9.75 Å². The molecule has 0 radical (unpaired) electrons. The molecule has 4 heteroatoms. The highest BCUT2D eigenvalue weighted by atomic mass is 79.9. The van der Waals surface area contributed by atoms with Crippen molar-refractivity contribution in [3.63, 3.8) is 0 Å². The van der Waals surface area contributed by atoms with Crippen LogP contribution in [0.2, 0.25) is 0 Å². The molecule has 1 heterocycles. The number of alkyl halides is 1. The van der Waals surface area contributed by atoms with Crippen LogP contribution >= 0.6 is 27.3 Å². The number of thiophene rings is 1. The van der Waals surface area contributed by atoms with Crippen molar-refractivity contribution in [3.05, 3.63) is 21.9 Å². The summed E-state index contributed by atoms with van der Waals surface area (Å²) < 4.78 is -0.506. The first-order valence-corrected chi connectivity index (χ1v) is 6.48. The molecular formula is C11H16BrNOS. The number of carbonyl (C=O) groups is 1.